The van der Waals surface area contributed by atoms with E-state index in [1.54, 1.807) is 24.3 Å². The molecule has 0 saturated carbocycles. The van der Waals surface area contributed by atoms with E-state index in [0.29, 0.717) is 27.7 Å². The molecule has 0 unspecified atom stereocenters. The topological polar surface area (TPSA) is 100 Å². The fourth-order valence-corrected chi connectivity index (χ4v) is 3.56. The van der Waals surface area contributed by atoms with Crippen molar-refractivity contribution in [1.29, 1.82) is 0 Å². The lowest BCUT2D eigenvalue weighted by atomic mass is 10.0. The Morgan fingerprint density at radius 2 is 1.47 bits per heavy atom. The predicted molar refractivity (Wildman–Crippen MR) is 131 cm³/mol. The highest BCUT2D eigenvalue weighted by Gasteiger charge is 2.15. The predicted octanol–water partition coefficient (Wildman–Crippen LogP) is 3.71. The number of carbonyl (C=O) groups is 3. The molecule has 0 aliphatic rings. The molecule has 0 atom stereocenters. The molecule has 0 spiro atoms. The average Bonchev–Trinajstić information content (AvgIpc) is 2.86. The second kappa shape index (κ2) is 9.95. The molecule has 1 aromatic heterocycles. The van der Waals surface area contributed by atoms with Gasteiger partial charge in [-0.3, -0.25) is 25.2 Å². The summed E-state index contributed by atoms with van der Waals surface area (Å²) in [5, 5.41) is 3.22. The first-order valence-electron chi connectivity index (χ1n) is 10.8. The Morgan fingerprint density at radius 1 is 0.765 bits per heavy atom. The Balaban J connectivity index is 1.46. The standard InChI is InChI=1S/C27H24N4O3/c1-17-11-13-19(14-12-17)24-15-22(21-9-5-6-10-23(21)29-24)27(34)31-30-25(32)16-28-26(33)20-8-4-3-7-18(20)2/h3-15H,16H2,1-2H3,(H,28,33)(H,30,32)(H,31,34). The van der Waals surface area contributed by atoms with Gasteiger partial charge in [0.15, 0.2) is 0 Å². The molecule has 7 nitrogen and oxygen atoms in total. The van der Waals surface area contributed by atoms with Crippen LogP contribution in [0.25, 0.3) is 22.2 Å². The highest BCUT2D eigenvalue weighted by Crippen LogP contribution is 2.25. The molecule has 0 aliphatic heterocycles. The lowest BCUT2D eigenvalue weighted by Gasteiger charge is -2.12. The molecule has 7 heteroatoms. The molecule has 0 saturated heterocycles. The number of nitrogens with zero attached hydrogens (tertiary/aromatic N) is 1. The van der Waals surface area contributed by atoms with Gasteiger partial charge in [-0.2, -0.15) is 0 Å². The summed E-state index contributed by atoms with van der Waals surface area (Å²) in [6.45, 7) is 3.54. The molecular formula is C27H24N4O3. The van der Waals surface area contributed by atoms with Gasteiger partial charge in [0.05, 0.1) is 23.3 Å². The molecule has 3 amide bonds. The molecule has 1 heterocycles. The van der Waals surface area contributed by atoms with Crippen LogP contribution in [-0.2, 0) is 4.79 Å². The van der Waals surface area contributed by atoms with Gasteiger partial charge in [-0.15, -0.1) is 0 Å². The summed E-state index contributed by atoms with van der Waals surface area (Å²) in [7, 11) is 0. The maximum absolute atomic E-state index is 13.0. The molecule has 0 aliphatic carbocycles. The number of carbonyl (C=O) groups excluding carboxylic acids is 3. The lowest BCUT2D eigenvalue weighted by molar-refractivity contribution is -0.120. The number of pyridine rings is 1. The number of aromatic nitrogens is 1. The molecular weight excluding hydrogens is 428 g/mol. The average molecular weight is 453 g/mol. The number of benzene rings is 3. The van der Waals surface area contributed by atoms with E-state index in [4.69, 9.17) is 0 Å². The number of hydrogen-bond acceptors (Lipinski definition) is 4. The number of amides is 3. The van der Waals surface area contributed by atoms with Gasteiger partial charge in [0.25, 0.3) is 17.7 Å². The summed E-state index contributed by atoms with van der Waals surface area (Å²) in [6, 6.07) is 24.0. The smallest absolute Gasteiger partial charge is 0.270 e. The van der Waals surface area contributed by atoms with Crippen LogP contribution in [0.1, 0.15) is 31.8 Å². The Kier molecular flexibility index (Phi) is 6.64. The van der Waals surface area contributed by atoms with E-state index in [1.165, 1.54) is 0 Å². The van der Waals surface area contributed by atoms with Gasteiger partial charge in [-0.05, 0) is 37.6 Å². The van der Waals surface area contributed by atoms with Crippen LogP contribution < -0.4 is 16.2 Å². The third-order valence-corrected chi connectivity index (χ3v) is 5.42. The normalized spacial score (nSPS) is 10.5. The summed E-state index contributed by atoms with van der Waals surface area (Å²) in [4.78, 5) is 42.2. The van der Waals surface area contributed by atoms with Crippen molar-refractivity contribution in [2.24, 2.45) is 0 Å². The van der Waals surface area contributed by atoms with Gasteiger partial charge in [0, 0.05) is 16.5 Å². The first kappa shape index (κ1) is 22.7. The van der Waals surface area contributed by atoms with Crippen LogP contribution in [0.3, 0.4) is 0 Å². The molecule has 3 aromatic carbocycles. The van der Waals surface area contributed by atoms with E-state index in [9.17, 15) is 14.4 Å². The molecule has 3 N–H and O–H groups in total. The minimum Gasteiger partial charge on any atom is -0.343 e. The quantitative estimate of drug-likeness (QED) is 0.402. The first-order valence-corrected chi connectivity index (χ1v) is 10.8. The van der Waals surface area contributed by atoms with Crippen molar-refractivity contribution in [2.75, 3.05) is 6.54 Å². The van der Waals surface area contributed by atoms with E-state index < -0.39 is 11.8 Å². The highest BCUT2D eigenvalue weighted by atomic mass is 16.2. The second-order valence-electron chi connectivity index (χ2n) is 7.94. The van der Waals surface area contributed by atoms with Gasteiger partial charge in [-0.1, -0.05) is 66.2 Å². The summed E-state index contributed by atoms with van der Waals surface area (Å²) in [5.41, 5.74) is 9.81. The van der Waals surface area contributed by atoms with Crippen LogP contribution in [0.2, 0.25) is 0 Å². The monoisotopic (exact) mass is 452 g/mol. The van der Waals surface area contributed by atoms with E-state index >= 15 is 0 Å². The summed E-state index contributed by atoms with van der Waals surface area (Å²) < 4.78 is 0. The van der Waals surface area contributed by atoms with Crippen molar-refractivity contribution in [3.63, 3.8) is 0 Å². The molecule has 34 heavy (non-hydrogen) atoms. The zero-order chi connectivity index (χ0) is 24.1. The number of hydrazine groups is 1. The van der Waals surface area contributed by atoms with Gasteiger partial charge < -0.3 is 5.32 Å². The van der Waals surface area contributed by atoms with E-state index in [0.717, 1.165) is 16.7 Å². The minimum absolute atomic E-state index is 0.279. The van der Waals surface area contributed by atoms with Crippen LogP contribution in [-0.4, -0.2) is 29.3 Å². The fourth-order valence-electron chi connectivity index (χ4n) is 3.56. The summed E-state index contributed by atoms with van der Waals surface area (Å²) in [6.07, 6.45) is 0. The van der Waals surface area contributed by atoms with Crippen LogP contribution in [0.5, 0.6) is 0 Å². The highest BCUT2D eigenvalue weighted by molar-refractivity contribution is 6.07. The van der Waals surface area contributed by atoms with E-state index in [-0.39, 0.29) is 12.5 Å². The van der Waals surface area contributed by atoms with E-state index in [2.05, 4.69) is 21.2 Å². The number of para-hydroxylation sites is 1. The molecule has 0 radical (unpaired) electrons. The van der Waals surface area contributed by atoms with Gasteiger partial charge in [0.1, 0.15) is 0 Å². The number of hydrogen-bond donors (Lipinski definition) is 3. The van der Waals surface area contributed by atoms with Crippen LogP contribution in [0.4, 0.5) is 0 Å². The Labute approximate surface area is 197 Å². The number of rotatable bonds is 5. The molecule has 4 aromatic rings. The van der Waals surface area contributed by atoms with Gasteiger partial charge >= 0.3 is 0 Å². The van der Waals surface area contributed by atoms with Gasteiger partial charge in [0.2, 0.25) is 0 Å². The largest absolute Gasteiger partial charge is 0.343 e. The molecule has 0 bridgehead atoms. The lowest BCUT2D eigenvalue weighted by Crippen LogP contribution is -2.46. The maximum Gasteiger partial charge on any atom is 0.270 e. The zero-order valence-corrected chi connectivity index (χ0v) is 18.9. The molecule has 4 rings (SSSR count). The van der Waals surface area contributed by atoms with Crippen molar-refractivity contribution >= 4 is 28.6 Å². The number of nitrogens with one attached hydrogen (secondary N) is 3. The Morgan fingerprint density at radius 3 is 2.24 bits per heavy atom. The van der Waals surface area contributed by atoms with Crippen molar-refractivity contribution < 1.29 is 14.4 Å². The molecule has 170 valence electrons. The number of fused-ring (bicyclic) bond motifs is 1. The first-order chi connectivity index (χ1) is 16.4. The van der Waals surface area contributed by atoms with Crippen LogP contribution >= 0.6 is 0 Å². The third kappa shape index (κ3) is 5.10. The maximum atomic E-state index is 13.0. The summed E-state index contributed by atoms with van der Waals surface area (Å²) >= 11 is 0. The van der Waals surface area contributed by atoms with Crippen LogP contribution in [0, 0.1) is 13.8 Å². The minimum atomic E-state index is -0.549. The van der Waals surface area contributed by atoms with Crippen molar-refractivity contribution in [3.05, 3.63) is 101 Å². The third-order valence-electron chi connectivity index (χ3n) is 5.42. The molecule has 0 fully saturated rings. The van der Waals surface area contributed by atoms with Crippen molar-refractivity contribution in [2.45, 2.75) is 13.8 Å². The summed E-state index contributed by atoms with van der Waals surface area (Å²) in [5.74, 6) is -1.39. The number of aryl methyl sites for hydroxylation is 2. The SMILES string of the molecule is Cc1ccc(-c2cc(C(=O)NNC(=O)CNC(=O)c3ccccc3C)c3ccccc3n2)cc1. The fraction of sp³-hybridized carbons (Fsp3) is 0.111. The van der Waals surface area contributed by atoms with Crippen LogP contribution in [0.15, 0.2) is 78.9 Å². The van der Waals surface area contributed by atoms with Gasteiger partial charge in [-0.25, -0.2) is 4.98 Å². The van der Waals surface area contributed by atoms with Crippen molar-refractivity contribution in [1.82, 2.24) is 21.2 Å². The zero-order valence-electron chi connectivity index (χ0n) is 18.9. The van der Waals surface area contributed by atoms with Crippen molar-refractivity contribution in [3.8, 4) is 11.3 Å². The Bertz CT molecular complexity index is 1380. The Hall–Kier alpha value is -4.52. The second-order valence-corrected chi connectivity index (χ2v) is 7.94. The van der Waals surface area contributed by atoms with E-state index in [1.807, 2.05) is 68.4 Å².